The lowest BCUT2D eigenvalue weighted by Gasteiger charge is -2.18. The molecule has 2 rings (SSSR count). The van der Waals surface area contributed by atoms with Crippen LogP contribution in [0.2, 0.25) is 0 Å². The summed E-state index contributed by atoms with van der Waals surface area (Å²) in [5, 5.41) is 19.2. The second kappa shape index (κ2) is 6.32. The number of aryl methyl sites for hydroxylation is 1. The quantitative estimate of drug-likeness (QED) is 0.835. The highest BCUT2D eigenvalue weighted by molar-refractivity contribution is 5.23. The third-order valence-corrected chi connectivity index (χ3v) is 3.81. The van der Waals surface area contributed by atoms with Crippen LogP contribution in [-0.2, 0) is 0 Å². The van der Waals surface area contributed by atoms with Crippen molar-refractivity contribution in [1.82, 2.24) is 4.90 Å². The number of rotatable bonds is 5. The zero-order chi connectivity index (χ0) is 13.0. The molecule has 0 amide bonds. The molecule has 0 radical (unpaired) electrons. The van der Waals surface area contributed by atoms with Gasteiger partial charge in [-0.15, -0.1) is 0 Å². The second-order valence-electron chi connectivity index (χ2n) is 5.35. The summed E-state index contributed by atoms with van der Waals surface area (Å²) < 4.78 is 0. The molecule has 18 heavy (non-hydrogen) atoms. The highest BCUT2D eigenvalue weighted by atomic mass is 16.3. The Balaban J connectivity index is 1.78. The molecular formula is C15H23NO2. The van der Waals surface area contributed by atoms with Gasteiger partial charge in [-0.3, -0.25) is 0 Å². The molecule has 1 aromatic carbocycles. The lowest BCUT2D eigenvalue weighted by atomic mass is 10.0. The molecule has 1 heterocycles. The maximum absolute atomic E-state index is 10.1. The summed E-state index contributed by atoms with van der Waals surface area (Å²) in [6, 6.07) is 8.08. The summed E-state index contributed by atoms with van der Waals surface area (Å²) in [7, 11) is 0. The van der Waals surface area contributed by atoms with Crippen molar-refractivity contribution in [3.63, 3.8) is 0 Å². The van der Waals surface area contributed by atoms with E-state index in [0.717, 1.165) is 38.0 Å². The number of likely N-dealkylation sites (tertiary alicyclic amines) is 1. The van der Waals surface area contributed by atoms with Crippen LogP contribution in [0.5, 0.6) is 0 Å². The van der Waals surface area contributed by atoms with E-state index in [1.807, 2.05) is 24.3 Å². The topological polar surface area (TPSA) is 43.7 Å². The van der Waals surface area contributed by atoms with Gasteiger partial charge in [-0.25, -0.2) is 0 Å². The average Bonchev–Trinajstić information content (AvgIpc) is 2.85. The average molecular weight is 249 g/mol. The Morgan fingerprint density at radius 2 is 2.06 bits per heavy atom. The molecule has 1 aliphatic heterocycles. The Hall–Kier alpha value is -0.900. The summed E-state index contributed by atoms with van der Waals surface area (Å²) in [5.74, 6) is 0.432. The van der Waals surface area contributed by atoms with Crippen LogP contribution >= 0.6 is 0 Å². The highest BCUT2D eigenvalue weighted by Crippen LogP contribution is 2.20. The van der Waals surface area contributed by atoms with E-state index < -0.39 is 0 Å². The summed E-state index contributed by atoms with van der Waals surface area (Å²) >= 11 is 0. The van der Waals surface area contributed by atoms with Crippen molar-refractivity contribution in [3.05, 3.63) is 35.4 Å². The SMILES string of the molecule is Cc1ccc(C(O)CCN2CCC(CO)C2)cc1. The molecule has 3 heteroatoms. The summed E-state index contributed by atoms with van der Waals surface area (Å²) in [6.45, 7) is 5.26. The first-order chi connectivity index (χ1) is 8.69. The third kappa shape index (κ3) is 3.55. The van der Waals surface area contributed by atoms with Gasteiger partial charge in [0.15, 0.2) is 0 Å². The molecule has 0 saturated carbocycles. The molecule has 100 valence electrons. The van der Waals surface area contributed by atoms with E-state index in [0.29, 0.717) is 5.92 Å². The van der Waals surface area contributed by atoms with Gasteiger partial charge in [-0.2, -0.15) is 0 Å². The van der Waals surface area contributed by atoms with E-state index in [1.54, 1.807) is 0 Å². The second-order valence-corrected chi connectivity index (χ2v) is 5.35. The third-order valence-electron chi connectivity index (χ3n) is 3.81. The fraction of sp³-hybridized carbons (Fsp3) is 0.600. The van der Waals surface area contributed by atoms with Gasteiger partial charge >= 0.3 is 0 Å². The molecule has 0 aliphatic carbocycles. The van der Waals surface area contributed by atoms with E-state index in [4.69, 9.17) is 5.11 Å². The standard InChI is InChI=1S/C15H23NO2/c1-12-2-4-14(5-3-12)15(18)7-9-16-8-6-13(10-16)11-17/h2-5,13,15,17-18H,6-11H2,1H3. The molecule has 1 saturated heterocycles. The van der Waals surface area contributed by atoms with Crippen LogP contribution in [-0.4, -0.2) is 41.4 Å². The van der Waals surface area contributed by atoms with Crippen molar-refractivity contribution in [3.8, 4) is 0 Å². The first-order valence-corrected chi connectivity index (χ1v) is 6.77. The van der Waals surface area contributed by atoms with Crippen LogP contribution in [0.1, 0.15) is 30.1 Å². The zero-order valence-corrected chi connectivity index (χ0v) is 11.0. The number of aliphatic hydroxyl groups excluding tert-OH is 2. The van der Waals surface area contributed by atoms with Crippen molar-refractivity contribution in [1.29, 1.82) is 0 Å². The van der Waals surface area contributed by atoms with Gasteiger partial charge < -0.3 is 15.1 Å². The molecule has 1 fully saturated rings. The van der Waals surface area contributed by atoms with Crippen molar-refractivity contribution in [2.45, 2.75) is 25.9 Å². The van der Waals surface area contributed by atoms with Gasteiger partial charge in [-0.1, -0.05) is 29.8 Å². The van der Waals surface area contributed by atoms with Gasteiger partial charge in [0.25, 0.3) is 0 Å². The van der Waals surface area contributed by atoms with Crippen LogP contribution in [0, 0.1) is 12.8 Å². The Kier molecular flexibility index (Phi) is 4.75. The molecule has 0 bridgehead atoms. The molecule has 3 nitrogen and oxygen atoms in total. The van der Waals surface area contributed by atoms with Gasteiger partial charge in [-0.05, 0) is 37.8 Å². The smallest absolute Gasteiger partial charge is 0.0802 e. The van der Waals surface area contributed by atoms with E-state index in [2.05, 4.69) is 11.8 Å². The number of aliphatic hydroxyl groups is 2. The number of hydrogen-bond donors (Lipinski definition) is 2. The molecule has 2 atom stereocenters. The van der Waals surface area contributed by atoms with Crippen LogP contribution in [0.3, 0.4) is 0 Å². The molecule has 0 spiro atoms. The first-order valence-electron chi connectivity index (χ1n) is 6.77. The van der Waals surface area contributed by atoms with Crippen LogP contribution < -0.4 is 0 Å². The molecular weight excluding hydrogens is 226 g/mol. The van der Waals surface area contributed by atoms with Gasteiger partial charge in [0.05, 0.1) is 6.10 Å². The normalized spacial score (nSPS) is 22.3. The fourth-order valence-corrected chi connectivity index (χ4v) is 2.53. The Morgan fingerprint density at radius 1 is 1.33 bits per heavy atom. The molecule has 1 aromatic rings. The van der Waals surface area contributed by atoms with Crippen molar-refractivity contribution in [2.24, 2.45) is 5.92 Å². The summed E-state index contributed by atoms with van der Waals surface area (Å²) in [4.78, 5) is 2.33. The number of nitrogens with zero attached hydrogens (tertiary/aromatic N) is 1. The Bertz CT molecular complexity index is 363. The van der Waals surface area contributed by atoms with E-state index in [-0.39, 0.29) is 12.7 Å². The summed E-state index contributed by atoms with van der Waals surface area (Å²) in [5.41, 5.74) is 2.22. The van der Waals surface area contributed by atoms with Gasteiger partial charge in [0.2, 0.25) is 0 Å². The Labute approximate surface area is 109 Å². The first kappa shape index (κ1) is 13.5. The number of hydrogen-bond acceptors (Lipinski definition) is 3. The molecule has 2 unspecified atom stereocenters. The lowest BCUT2D eigenvalue weighted by molar-refractivity contribution is 0.146. The molecule has 0 aromatic heterocycles. The largest absolute Gasteiger partial charge is 0.396 e. The molecule has 2 N–H and O–H groups in total. The minimum atomic E-state index is -0.376. The summed E-state index contributed by atoms with van der Waals surface area (Å²) in [6.07, 6.45) is 1.47. The monoisotopic (exact) mass is 249 g/mol. The van der Waals surface area contributed by atoms with Gasteiger partial charge in [0, 0.05) is 19.7 Å². The van der Waals surface area contributed by atoms with Crippen molar-refractivity contribution < 1.29 is 10.2 Å². The van der Waals surface area contributed by atoms with Crippen LogP contribution in [0.4, 0.5) is 0 Å². The fourth-order valence-electron chi connectivity index (χ4n) is 2.53. The van der Waals surface area contributed by atoms with Crippen LogP contribution in [0.15, 0.2) is 24.3 Å². The number of benzene rings is 1. The highest BCUT2D eigenvalue weighted by Gasteiger charge is 2.22. The Morgan fingerprint density at radius 3 is 2.67 bits per heavy atom. The van der Waals surface area contributed by atoms with E-state index in [1.165, 1.54) is 5.56 Å². The van der Waals surface area contributed by atoms with E-state index >= 15 is 0 Å². The predicted octanol–water partition coefficient (Wildman–Crippen LogP) is 1.73. The lowest BCUT2D eigenvalue weighted by Crippen LogP contribution is -2.24. The predicted molar refractivity (Wildman–Crippen MR) is 72.4 cm³/mol. The minimum Gasteiger partial charge on any atom is -0.396 e. The van der Waals surface area contributed by atoms with Crippen LogP contribution in [0.25, 0.3) is 0 Å². The zero-order valence-electron chi connectivity index (χ0n) is 11.0. The van der Waals surface area contributed by atoms with Crippen molar-refractivity contribution >= 4 is 0 Å². The maximum Gasteiger partial charge on any atom is 0.0802 e. The molecule has 1 aliphatic rings. The minimum absolute atomic E-state index is 0.289. The maximum atomic E-state index is 10.1. The van der Waals surface area contributed by atoms with Gasteiger partial charge in [0.1, 0.15) is 0 Å². The van der Waals surface area contributed by atoms with Crippen molar-refractivity contribution in [2.75, 3.05) is 26.2 Å². The van der Waals surface area contributed by atoms with E-state index in [9.17, 15) is 5.11 Å².